The predicted molar refractivity (Wildman–Crippen MR) is 118 cm³/mol. The van der Waals surface area contributed by atoms with E-state index in [2.05, 4.69) is 43.1 Å². The normalized spacial score (nSPS) is 22.0. The van der Waals surface area contributed by atoms with Gasteiger partial charge < -0.3 is 19.9 Å². The first-order chi connectivity index (χ1) is 14.5. The molecule has 2 saturated heterocycles. The molecule has 1 spiro atoms. The van der Waals surface area contributed by atoms with Crippen LogP contribution in [0.25, 0.3) is 0 Å². The fourth-order valence-corrected chi connectivity index (χ4v) is 4.66. The number of carbonyl (C=O) groups excluding carboxylic acids is 2. The molecule has 166 valence electrons. The zero-order valence-corrected chi connectivity index (χ0v) is 18.7. The van der Waals surface area contributed by atoms with Gasteiger partial charge in [-0.3, -0.25) is 9.59 Å². The van der Waals surface area contributed by atoms with Crippen molar-refractivity contribution < 1.29 is 14.3 Å². The lowest BCUT2D eigenvalue weighted by Crippen LogP contribution is -2.73. The summed E-state index contributed by atoms with van der Waals surface area (Å²) in [5.41, 5.74) is 0.501. The Bertz CT molecular complexity index is 699. The molecule has 6 heteroatoms. The fourth-order valence-electron chi connectivity index (χ4n) is 4.66. The minimum absolute atomic E-state index is 0.0428. The molecule has 0 aliphatic carbocycles. The third-order valence-corrected chi connectivity index (χ3v) is 6.31. The van der Waals surface area contributed by atoms with Crippen LogP contribution in [0, 0.1) is 5.92 Å². The molecule has 1 aromatic rings. The summed E-state index contributed by atoms with van der Waals surface area (Å²) in [5.74, 6) is 0.514. The maximum absolute atomic E-state index is 13.2. The van der Waals surface area contributed by atoms with Gasteiger partial charge in [-0.1, -0.05) is 51.1 Å². The molecule has 30 heavy (non-hydrogen) atoms. The van der Waals surface area contributed by atoms with Gasteiger partial charge in [-0.05, 0) is 37.2 Å². The van der Waals surface area contributed by atoms with Crippen LogP contribution in [0.1, 0.15) is 52.0 Å². The van der Waals surface area contributed by atoms with Crippen LogP contribution in [0.3, 0.4) is 0 Å². The van der Waals surface area contributed by atoms with Gasteiger partial charge in [0.1, 0.15) is 11.6 Å². The van der Waals surface area contributed by atoms with Gasteiger partial charge in [0.2, 0.25) is 11.8 Å². The molecule has 0 bridgehead atoms. The number of rotatable bonds is 9. The highest BCUT2D eigenvalue weighted by Gasteiger charge is 2.53. The first-order valence-electron chi connectivity index (χ1n) is 11.4. The van der Waals surface area contributed by atoms with Crippen LogP contribution >= 0.6 is 0 Å². The molecule has 1 N–H and O–H groups in total. The summed E-state index contributed by atoms with van der Waals surface area (Å²) in [4.78, 5) is 30.6. The zero-order chi connectivity index (χ0) is 21.6. The third-order valence-electron chi connectivity index (χ3n) is 6.31. The second-order valence-corrected chi connectivity index (χ2v) is 9.06. The summed E-state index contributed by atoms with van der Waals surface area (Å²) in [6, 6.07) is 9.81. The quantitative estimate of drug-likeness (QED) is 0.630. The summed E-state index contributed by atoms with van der Waals surface area (Å²) >= 11 is 0. The predicted octanol–water partition coefficient (Wildman–Crippen LogP) is 2.82. The van der Waals surface area contributed by atoms with Crippen molar-refractivity contribution in [3.05, 3.63) is 35.9 Å². The van der Waals surface area contributed by atoms with Crippen molar-refractivity contribution in [1.82, 2.24) is 15.1 Å². The smallest absolute Gasteiger partial charge is 0.246 e. The van der Waals surface area contributed by atoms with E-state index in [9.17, 15) is 9.59 Å². The number of piperidine rings is 1. The van der Waals surface area contributed by atoms with E-state index >= 15 is 0 Å². The van der Waals surface area contributed by atoms with E-state index in [-0.39, 0.29) is 17.9 Å². The SMILES string of the molecule is CCCN1C(=O)C(CC(C)C)NC(=O)C12CCN(CCOCc1ccccc1)CC2. The Morgan fingerprint density at radius 2 is 1.83 bits per heavy atom. The van der Waals surface area contributed by atoms with E-state index in [1.165, 1.54) is 5.56 Å². The molecule has 2 aliphatic heterocycles. The number of hydrogen-bond donors (Lipinski definition) is 1. The molecule has 1 unspecified atom stereocenters. The average molecular weight is 416 g/mol. The topological polar surface area (TPSA) is 61.9 Å². The largest absolute Gasteiger partial charge is 0.375 e. The summed E-state index contributed by atoms with van der Waals surface area (Å²) in [6.07, 6.45) is 2.95. The van der Waals surface area contributed by atoms with Crippen LogP contribution in [0.15, 0.2) is 30.3 Å². The second kappa shape index (κ2) is 10.4. The first kappa shape index (κ1) is 22.8. The van der Waals surface area contributed by atoms with Gasteiger partial charge >= 0.3 is 0 Å². The van der Waals surface area contributed by atoms with Crippen LogP contribution < -0.4 is 5.32 Å². The van der Waals surface area contributed by atoms with Gasteiger partial charge in [0.15, 0.2) is 0 Å². The summed E-state index contributed by atoms with van der Waals surface area (Å²) in [5, 5.41) is 3.06. The summed E-state index contributed by atoms with van der Waals surface area (Å²) < 4.78 is 5.82. The molecule has 6 nitrogen and oxygen atoms in total. The number of nitrogens with one attached hydrogen (secondary N) is 1. The molecule has 2 amide bonds. The molecule has 2 aliphatic rings. The zero-order valence-electron chi connectivity index (χ0n) is 18.7. The Hall–Kier alpha value is -1.92. The lowest BCUT2D eigenvalue weighted by atomic mass is 9.81. The number of benzene rings is 1. The van der Waals surface area contributed by atoms with Crippen molar-refractivity contribution in [3.8, 4) is 0 Å². The number of amides is 2. The molecule has 0 saturated carbocycles. The number of hydrogen-bond acceptors (Lipinski definition) is 4. The van der Waals surface area contributed by atoms with Crippen molar-refractivity contribution in [2.75, 3.05) is 32.8 Å². The van der Waals surface area contributed by atoms with Crippen LogP contribution in [0.2, 0.25) is 0 Å². The van der Waals surface area contributed by atoms with Crippen LogP contribution in [-0.2, 0) is 20.9 Å². The lowest BCUT2D eigenvalue weighted by Gasteiger charge is -2.51. The molecule has 0 aromatic heterocycles. The molecule has 3 rings (SSSR count). The highest BCUT2D eigenvalue weighted by Crippen LogP contribution is 2.34. The van der Waals surface area contributed by atoms with Crippen LogP contribution in [0.5, 0.6) is 0 Å². The number of nitrogens with zero attached hydrogens (tertiary/aromatic N) is 2. The van der Waals surface area contributed by atoms with Crippen molar-refractivity contribution in [3.63, 3.8) is 0 Å². The first-order valence-corrected chi connectivity index (χ1v) is 11.4. The van der Waals surface area contributed by atoms with Gasteiger partial charge in [-0.15, -0.1) is 0 Å². The maximum Gasteiger partial charge on any atom is 0.246 e. The van der Waals surface area contributed by atoms with Crippen molar-refractivity contribution >= 4 is 11.8 Å². The lowest BCUT2D eigenvalue weighted by molar-refractivity contribution is -0.161. The van der Waals surface area contributed by atoms with Crippen molar-refractivity contribution in [2.45, 2.75) is 64.6 Å². The Morgan fingerprint density at radius 1 is 1.13 bits per heavy atom. The molecular weight excluding hydrogens is 378 g/mol. The number of likely N-dealkylation sites (tertiary alicyclic amines) is 1. The van der Waals surface area contributed by atoms with Crippen LogP contribution in [0.4, 0.5) is 0 Å². The number of carbonyl (C=O) groups is 2. The van der Waals surface area contributed by atoms with E-state index in [0.29, 0.717) is 44.9 Å². The monoisotopic (exact) mass is 415 g/mol. The van der Waals surface area contributed by atoms with E-state index < -0.39 is 5.54 Å². The Labute approximate surface area is 180 Å². The minimum Gasteiger partial charge on any atom is -0.375 e. The van der Waals surface area contributed by atoms with E-state index in [4.69, 9.17) is 4.74 Å². The van der Waals surface area contributed by atoms with Gasteiger partial charge in [-0.2, -0.15) is 0 Å². The van der Waals surface area contributed by atoms with Crippen LogP contribution in [-0.4, -0.2) is 66.0 Å². The highest BCUT2D eigenvalue weighted by atomic mass is 16.5. The van der Waals surface area contributed by atoms with Crippen molar-refractivity contribution in [2.24, 2.45) is 5.92 Å². The Kier molecular flexibility index (Phi) is 7.89. The molecule has 0 radical (unpaired) electrons. The summed E-state index contributed by atoms with van der Waals surface area (Å²) in [7, 11) is 0. The van der Waals surface area contributed by atoms with Gasteiger partial charge in [0.05, 0.1) is 13.2 Å². The van der Waals surface area contributed by atoms with E-state index in [1.54, 1.807) is 0 Å². The number of piperazine rings is 1. The fraction of sp³-hybridized carbons (Fsp3) is 0.667. The van der Waals surface area contributed by atoms with Gasteiger partial charge in [-0.25, -0.2) is 0 Å². The number of ether oxygens (including phenoxy) is 1. The third kappa shape index (κ3) is 5.22. The Morgan fingerprint density at radius 3 is 2.47 bits per heavy atom. The Balaban J connectivity index is 1.54. The van der Waals surface area contributed by atoms with Crippen molar-refractivity contribution in [1.29, 1.82) is 0 Å². The molecule has 1 aromatic carbocycles. The minimum atomic E-state index is -0.679. The van der Waals surface area contributed by atoms with Gasteiger partial charge in [0.25, 0.3) is 0 Å². The molecule has 2 fully saturated rings. The maximum atomic E-state index is 13.2. The summed E-state index contributed by atoms with van der Waals surface area (Å²) in [6.45, 7) is 10.7. The molecule has 1 atom stereocenters. The van der Waals surface area contributed by atoms with Gasteiger partial charge in [0, 0.05) is 26.2 Å². The highest BCUT2D eigenvalue weighted by molar-refractivity contribution is 6.00. The standard InChI is InChI=1S/C24H37N3O3/c1-4-12-27-22(28)21(17-19(2)3)25-23(29)24(27)10-13-26(14-11-24)15-16-30-18-20-8-6-5-7-9-20/h5-9,19,21H,4,10-18H2,1-3H3,(H,25,29). The van der Waals surface area contributed by atoms with E-state index in [1.807, 2.05) is 23.1 Å². The molecule has 2 heterocycles. The second-order valence-electron chi connectivity index (χ2n) is 9.06. The van der Waals surface area contributed by atoms with E-state index in [0.717, 1.165) is 26.1 Å². The average Bonchev–Trinajstić information content (AvgIpc) is 2.74. The molecular formula is C24H37N3O3.